The Bertz CT molecular complexity index is 559. The van der Waals surface area contributed by atoms with Crippen LogP contribution in [0.4, 0.5) is 15.6 Å². The van der Waals surface area contributed by atoms with Crippen LogP contribution in [0.5, 0.6) is 0 Å². The van der Waals surface area contributed by atoms with Gasteiger partial charge in [-0.2, -0.15) is 0 Å². The number of aromatic nitrogens is 3. The molecule has 1 aromatic heterocycles. The Labute approximate surface area is 121 Å². The minimum absolute atomic E-state index is 0.233. The monoisotopic (exact) mass is 292 g/mol. The molecule has 2 rings (SSSR count). The molecule has 1 aromatic carbocycles. The van der Waals surface area contributed by atoms with E-state index in [0.29, 0.717) is 5.13 Å². The Morgan fingerprint density at radius 3 is 2.95 bits per heavy atom. The molecular weight excluding hydrogens is 276 g/mol. The summed E-state index contributed by atoms with van der Waals surface area (Å²) in [7, 11) is 0. The first kappa shape index (κ1) is 14.4. The van der Waals surface area contributed by atoms with Crippen molar-refractivity contribution in [2.45, 2.75) is 19.9 Å². The van der Waals surface area contributed by atoms with E-state index in [1.807, 2.05) is 24.3 Å². The number of hydrogen-bond donors (Lipinski definition) is 3. The van der Waals surface area contributed by atoms with Crippen molar-refractivity contribution >= 4 is 28.4 Å². The fraction of sp³-hybridized carbons (Fsp3) is 0.333. The number of urea groups is 1. The Morgan fingerprint density at radius 2 is 2.25 bits per heavy atom. The molecule has 0 aliphatic carbocycles. The normalized spacial score (nSPS) is 11.9. The number of nitrogens with zero attached hydrogens (tertiary/aromatic N) is 3. The first-order valence-corrected chi connectivity index (χ1v) is 7.02. The second-order valence-electron chi connectivity index (χ2n) is 4.15. The van der Waals surface area contributed by atoms with Gasteiger partial charge in [0.1, 0.15) is 0 Å². The highest BCUT2D eigenvalue weighted by Crippen LogP contribution is 2.17. The van der Waals surface area contributed by atoms with Crippen molar-refractivity contribution < 1.29 is 4.79 Å². The van der Waals surface area contributed by atoms with Crippen LogP contribution in [-0.2, 0) is 0 Å². The van der Waals surface area contributed by atoms with E-state index < -0.39 is 0 Å². The largest absolute Gasteiger partial charge is 0.325 e. The SMILES string of the molecule is CCNC(C)c1cccc(NC(=O)Nc2nnns2)c1. The van der Waals surface area contributed by atoms with E-state index >= 15 is 0 Å². The van der Waals surface area contributed by atoms with E-state index in [-0.39, 0.29) is 12.1 Å². The summed E-state index contributed by atoms with van der Waals surface area (Å²) in [4.78, 5) is 11.8. The van der Waals surface area contributed by atoms with Gasteiger partial charge in [0, 0.05) is 23.3 Å². The van der Waals surface area contributed by atoms with Gasteiger partial charge in [-0.05, 0) is 36.4 Å². The maximum absolute atomic E-state index is 11.8. The van der Waals surface area contributed by atoms with E-state index in [1.165, 1.54) is 0 Å². The zero-order valence-corrected chi connectivity index (χ0v) is 12.1. The summed E-state index contributed by atoms with van der Waals surface area (Å²) in [6.07, 6.45) is 0. The van der Waals surface area contributed by atoms with Gasteiger partial charge in [-0.3, -0.25) is 5.32 Å². The Balaban J connectivity index is 1.98. The molecule has 1 heterocycles. The van der Waals surface area contributed by atoms with Gasteiger partial charge in [-0.15, -0.1) is 0 Å². The summed E-state index contributed by atoms with van der Waals surface area (Å²) in [5.74, 6) is 0. The smallest absolute Gasteiger partial charge is 0.310 e. The third-order valence-electron chi connectivity index (χ3n) is 2.67. The minimum atomic E-state index is -0.364. The third kappa shape index (κ3) is 3.97. The molecule has 1 atom stereocenters. The van der Waals surface area contributed by atoms with Crippen molar-refractivity contribution in [3.63, 3.8) is 0 Å². The van der Waals surface area contributed by atoms with Gasteiger partial charge in [0.2, 0.25) is 5.13 Å². The summed E-state index contributed by atoms with van der Waals surface area (Å²) in [6, 6.07) is 7.57. The Hall–Kier alpha value is -2.06. The van der Waals surface area contributed by atoms with Crippen LogP contribution in [0, 0.1) is 0 Å². The van der Waals surface area contributed by atoms with Crippen LogP contribution in [0.25, 0.3) is 0 Å². The highest BCUT2D eigenvalue weighted by atomic mass is 32.1. The molecule has 0 saturated carbocycles. The molecule has 0 aliphatic heterocycles. The lowest BCUT2D eigenvalue weighted by Crippen LogP contribution is -2.20. The van der Waals surface area contributed by atoms with Crippen molar-refractivity contribution in [2.24, 2.45) is 0 Å². The summed E-state index contributed by atoms with van der Waals surface area (Å²) < 4.78 is 3.57. The summed E-state index contributed by atoms with van der Waals surface area (Å²) in [5, 5.41) is 16.0. The van der Waals surface area contributed by atoms with Crippen molar-refractivity contribution in [3.05, 3.63) is 29.8 Å². The first-order chi connectivity index (χ1) is 9.69. The van der Waals surface area contributed by atoms with Gasteiger partial charge >= 0.3 is 6.03 Å². The highest BCUT2D eigenvalue weighted by Gasteiger charge is 2.08. The maximum atomic E-state index is 11.8. The van der Waals surface area contributed by atoms with Crippen LogP contribution in [0.2, 0.25) is 0 Å². The van der Waals surface area contributed by atoms with Gasteiger partial charge in [-0.1, -0.05) is 28.6 Å². The summed E-state index contributed by atoms with van der Waals surface area (Å²) in [5.41, 5.74) is 1.84. The Kier molecular flexibility index (Phi) is 4.97. The van der Waals surface area contributed by atoms with Gasteiger partial charge in [0.15, 0.2) is 0 Å². The van der Waals surface area contributed by atoms with Crippen LogP contribution in [0.15, 0.2) is 24.3 Å². The number of carbonyl (C=O) groups excluding carboxylic acids is 1. The fourth-order valence-corrected chi connectivity index (χ4v) is 2.11. The predicted molar refractivity (Wildman–Crippen MR) is 78.9 cm³/mol. The fourth-order valence-electron chi connectivity index (χ4n) is 1.75. The molecule has 0 spiro atoms. The maximum Gasteiger partial charge on any atom is 0.325 e. The van der Waals surface area contributed by atoms with Gasteiger partial charge < -0.3 is 10.6 Å². The first-order valence-electron chi connectivity index (χ1n) is 6.25. The zero-order chi connectivity index (χ0) is 14.4. The number of hydrogen-bond acceptors (Lipinski definition) is 6. The minimum Gasteiger partial charge on any atom is -0.310 e. The number of carbonyl (C=O) groups is 1. The van der Waals surface area contributed by atoms with E-state index in [0.717, 1.165) is 29.3 Å². The number of nitrogens with one attached hydrogen (secondary N) is 3. The van der Waals surface area contributed by atoms with Crippen LogP contribution < -0.4 is 16.0 Å². The van der Waals surface area contributed by atoms with Crippen LogP contribution in [0.3, 0.4) is 0 Å². The number of benzene rings is 1. The molecule has 8 heteroatoms. The lowest BCUT2D eigenvalue weighted by Gasteiger charge is -2.14. The molecular formula is C12H16N6OS. The van der Waals surface area contributed by atoms with Crippen molar-refractivity contribution in [2.75, 3.05) is 17.2 Å². The molecule has 0 aliphatic rings. The van der Waals surface area contributed by atoms with Crippen molar-refractivity contribution in [1.29, 1.82) is 0 Å². The second-order valence-corrected chi connectivity index (χ2v) is 4.88. The van der Waals surface area contributed by atoms with E-state index in [9.17, 15) is 4.79 Å². The number of anilines is 2. The van der Waals surface area contributed by atoms with Crippen molar-refractivity contribution in [3.8, 4) is 0 Å². The highest BCUT2D eigenvalue weighted by molar-refractivity contribution is 7.09. The molecule has 2 aromatic rings. The molecule has 0 saturated heterocycles. The molecule has 0 fully saturated rings. The lowest BCUT2D eigenvalue weighted by atomic mass is 10.1. The predicted octanol–water partition coefficient (Wildman–Crippen LogP) is 2.25. The molecule has 0 radical (unpaired) electrons. The standard InChI is InChI=1S/C12H16N6OS/c1-3-13-8(2)9-5-4-6-10(7-9)14-11(19)15-12-16-17-18-20-12/h4-8,13H,3H2,1-2H3,(H2,14,15,16,18,19). The zero-order valence-electron chi connectivity index (χ0n) is 11.3. The molecule has 7 nitrogen and oxygen atoms in total. The van der Waals surface area contributed by atoms with E-state index in [1.54, 1.807) is 0 Å². The third-order valence-corrected chi connectivity index (χ3v) is 3.19. The van der Waals surface area contributed by atoms with Gasteiger partial charge in [0.25, 0.3) is 0 Å². The number of amides is 2. The molecule has 20 heavy (non-hydrogen) atoms. The second kappa shape index (κ2) is 6.92. The lowest BCUT2D eigenvalue weighted by molar-refractivity contribution is 0.262. The van der Waals surface area contributed by atoms with Crippen LogP contribution >= 0.6 is 11.5 Å². The van der Waals surface area contributed by atoms with Crippen LogP contribution in [-0.4, -0.2) is 27.4 Å². The molecule has 1 unspecified atom stereocenters. The average molecular weight is 292 g/mol. The summed E-state index contributed by atoms with van der Waals surface area (Å²) in [6.45, 7) is 5.03. The van der Waals surface area contributed by atoms with E-state index in [4.69, 9.17) is 0 Å². The van der Waals surface area contributed by atoms with E-state index in [2.05, 4.69) is 44.6 Å². The van der Waals surface area contributed by atoms with Gasteiger partial charge in [-0.25, -0.2) is 4.79 Å². The molecule has 2 amide bonds. The topological polar surface area (TPSA) is 91.8 Å². The molecule has 106 valence electrons. The van der Waals surface area contributed by atoms with Crippen molar-refractivity contribution in [1.82, 2.24) is 20.1 Å². The molecule has 3 N–H and O–H groups in total. The molecule has 0 bridgehead atoms. The number of rotatable bonds is 5. The average Bonchev–Trinajstić information content (AvgIpc) is 2.92. The quantitative estimate of drug-likeness (QED) is 0.786. The summed E-state index contributed by atoms with van der Waals surface area (Å²) >= 11 is 1.02. The van der Waals surface area contributed by atoms with Crippen LogP contribution in [0.1, 0.15) is 25.5 Å². The van der Waals surface area contributed by atoms with Gasteiger partial charge in [0.05, 0.1) is 0 Å². The Morgan fingerprint density at radius 1 is 1.40 bits per heavy atom.